The summed E-state index contributed by atoms with van der Waals surface area (Å²) >= 11 is 1.40. The molecule has 7 heteroatoms. The van der Waals surface area contributed by atoms with Crippen LogP contribution in [0.4, 0.5) is 0 Å². The standard InChI is InChI=1S/C15H20N2O4S/c1-5-7-9-8-10-11(22-9)16-14(20)17(12(10)18)15(3,4)13(19)21-6-2/h8H,5-7H2,1-4H3,(H,16,20). The monoisotopic (exact) mass is 324 g/mol. The summed E-state index contributed by atoms with van der Waals surface area (Å²) in [6.07, 6.45) is 1.81. The van der Waals surface area contributed by atoms with E-state index >= 15 is 0 Å². The molecule has 120 valence electrons. The maximum atomic E-state index is 12.7. The third-order valence-corrected chi connectivity index (χ3v) is 4.58. The van der Waals surface area contributed by atoms with E-state index in [9.17, 15) is 14.4 Å². The molecule has 2 aromatic heterocycles. The van der Waals surface area contributed by atoms with E-state index in [1.54, 1.807) is 13.0 Å². The SMILES string of the molecule is CCCc1cc2c(=O)n(C(C)(C)C(=O)OCC)c(=O)[nH]c2s1. The van der Waals surface area contributed by atoms with Crippen LogP contribution in [0.5, 0.6) is 0 Å². The smallest absolute Gasteiger partial charge is 0.332 e. The summed E-state index contributed by atoms with van der Waals surface area (Å²) in [5.74, 6) is -0.606. The molecule has 0 aliphatic carbocycles. The number of esters is 1. The van der Waals surface area contributed by atoms with Gasteiger partial charge >= 0.3 is 11.7 Å². The second kappa shape index (κ2) is 6.08. The van der Waals surface area contributed by atoms with E-state index < -0.39 is 22.8 Å². The van der Waals surface area contributed by atoms with Crippen LogP contribution in [0.2, 0.25) is 0 Å². The molecular weight excluding hydrogens is 304 g/mol. The van der Waals surface area contributed by atoms with E-state index in [4.69, 9.17) is 4.74 Å². The van der Waals surface area contributed by atoms with Crippen LogP contribution in [-0.4, -0.2) is 22.1 Å². The van der Waals surface area contributed by atoms with Gasteiger partial charge in [-0.15, -0.1) is 11.3 Å². The molecule has 0 bridgehead atoms. The quantitative estimate of drug-likeness (QED) is 0.853. The molecule has 0 amide bonds. The second-order valence-corrected chi connectivity index (χ2v) is 6.69. The Balaban J connectivity index is 2.67. The molecule has 2 aromatic rings. The number of hydrogen-bond acceptors (Lipinski definition) is 5. The van der Waals surface area contributed by atoms with Gasteiger partial charge in [0.05, 0.1) is 12.0 Å². The minimum Gasteiger partial charge on any atom is -0.464 e. The number of ether oxygens (including phenoxy) is 1. The van der Waals surface area contributed by atoms with Crippen molar-refractivity contribution in [1.29, 1.82) is 0 Å². The Morgan fingerprint density at radius 1 is 1.36 bits per heavy atom. The summed E-state index contributed by atoms with van der Waals surface area (Å²) in [6.45, 7) is 6.94. The van der Waals surface area contributed by atoms with Crippen molar-refractivity contribution in [2.24, 2.45) is 0 Å². The second-order valence-electron chi connectivity index (χ2n) is 5.56. The number of rotatable bonds is 5. The van der Waals surface area contributed by atoms with Gasteiger partial charge in [0.25, 0.3) is 5.56 Å². The summed E-state index contributed by atoms with van der Waals surface area (Å²) < 4.78 is 5.92. The summed E-state index contributed by atoms with van der Waals surface area (Å²) in [4.78, 5) is 41.3. The largest absolute Gasteiger partial charge is 0.464 e. The Kier molecular flexibility index (Phi) is 4.55. The third-order valence-electron chi connectivity index (χ3n) is 3.47. The van der Waals surface area contributed by atoms with Crippen molar-refractivity contribution in [3.8, 4) is 0 Å². The fourth-order valence-electron chi connectivity index (χ4n) is 2.34. The number of thiophene rings is 1. The predicted octanol–water partition coefficient (Wildman–Crippen LogP) is 2.00. The van der Waals surface area contributed by atoms with Gasteiger partial charge in [-0.3, -0.25) is 9.78 Å². The number of carbonyl (C=O) groups is 1. The Hall–Kier alpha value is -1.89. The van der Waals surface area contributed by atoms with E-state index in [1.807, 2.05) is 0 Å². The highest BCUT2D eigenvalue weighted by Crippen LogP contribution is 2.22. The fourth-order valence-corrected chi connectivity index (χ4v) is 3.48. The molecule has 0 aliphatic heterocycles. The Labute approximate surface area is 131 Å². The molecule has 0 fully saturated rings. The predicted molar refractivity (Wildman–Crippen MR) is 86.7 cm³/mol. The van der Waals surface area contributed by atoms with E-state index in [1.165, 1.54) is 25.2 Å². The first-order valence-electron chi connectivity index (χ1n) is 7.28. The van der Waals surface area contributed by atoms with Gasteiger partial charge in [0, 0.05) is 4.88 Å². The van der Waals surface area contributed by atoms with Gasteiger partial charge in [-0.1, -0.05) is 13.3 Å². The Morgan fingerprint density at radius 2 is 2.05 bits per heavy atom. The van der Waals surface area contributed by atoms with Crippen molar-refractivity contribution >= 4 is 27.5 Å². The number of aryl methyl sites for hydroxylation is 1. The molecular formula is C15H20N2O4S. The maximum absolute atomic E-state index is 12.7. The molecule has 1 N–H and O–H groups in total. The van der Waals surface area contributed by atoms with Gasteiger partial charge in [0.1, 0.15) is 10.4 Å². The van der Waals surface area contributed by atoms with Crippen molar-refractivity contribution in [3.05, 3.63) is 31.8 Å². The molecule has 0 radical (unpaired) electrons. The van der Waals surface area contributed by atoms with Crippen molar-refractivity contribution in [2.45, 2.75) is 46.1 Å². The molecule has 0 aliphatic rings. The minimum atomic E-state index is -1.36. The van der Waals surface area contributed by atoms with Gasteiger partial charge in [0.15, 0.2) is 0 Å². The molecule has 0 atom stereocenters. The van der Waals surface area contributed by atoms with Crippen molar-refractivity contribution in [1.82, 2.24) is 9.55 Å². The van der Waals surface area contributed by atoms with Crippen molar-refractivity contribution < 1.29 is 9.53 Å². The van der Waals surface area contributed by atoms with E-state index in [0.717, 1.165) is 22.3 Å². The van der Waals surface area contributed by atoms with Gasteiger partial charge in [-0.2, -0.15) is 0 Å². The number of hydrogen-bond donors (Lipinski definition) is 1. The fraction of sp³-hybridized carbons (Fsp3) is 0.533. The number of nitrogens with one attached hydrogen (secondary N) is 1. The zero-order valence-corrected chi connectivity index (χ0v) is 14.0. The first-order chi connectivity index (χ1) is 10.3. The molecule has 0 aromatic carbocycles. The lowest BCUT2D eigenvalue weighted by atomic mass is 10.1. The highest BCUT2D eigenvalue weighted by molar-refractivity contribution is 7.18. The molecule has 0 saturated heterocycles. The summed E-state index contributed by atoms with van der Waals surface area (Å²) in [5, 5.41) is 0.436. The Morgan fingerprint density at radius 3 is 2.64 bits per heavy atom. The number of H-pyrrole nitrogens is 1. The lowest BCUT2D eigenvalue weighted by molar-refractivity contribution is -0.152. The topological polar surface area (TPSA) is 81.2 Å². The Bertz CT molecular complexity index is 813. The van der Waals surface area contributed by atoms with E-state index in [-0.39, 0.29) is 6.61 Å². The molecule has 6 nitrogen and oxygen atoms in total. The average Bonchev–Trinajstić information content (AvgIpc) is 2.82. The van der Waals surface area contributed by atoms with Crippen LogP contribution in [0.15, 0.2) is 15.7 Å². The first kappa shape index (κ1) is 16.5. The number of aromatic nitrogens is 2. The first-order valence-corrected chi connectivity index (χ1v) is 8.10. The van der Waals surface area contributed by atoms with Gasteiger partial charge in [0.2, 0.25) is 0 Å². The average molecular weight is 324 g/mol. The molecule has 22 heavy (non-hydrogen) atoms. The van der Waals surface area contributed by atoms with Crippen molar-refractivity contribution in [2.75, 3.05) is 6.61 Å². The lowest BCUT2D eigenvalue weighted by Crippen LogP contribution is -2.51. The lowest BCUT2D eigenvalue weighted by Gasteiger charge is -2.23. The minimum absolute atomic E-state index is 0.191. The number of aromatic amines is 1. The van der Waals surface area contributed by atoms with E-state index in [0.29, 0.717) is 10.2 Å². The van der Waals surface area contributed by atoms with Gasteiger partial charge < -0.3 is 4.74 Å². The summed E-state index contributed by atoms with van der Waals surface area (Å²) in [7, 11) is 0. The van der Waals surface area contributed by atoms with Crippen LogP contribution in [0.3, 0.4) is 0 Å². The van der Waals surface area contributed by atoms with Crippen LogP contribution in [0.1, 0.15) is 39.0 Å². The summed E-state index contributed by atoms with van der Waals surface area (Å²) in [5.41, 5.74) is -2.42. The third kappa shape index (κ3) is 2.72. The van der Waals surface area contributed by atoms with Crippen LogP contribution >= 0.6 is 11.3 Å². The molecule has 0 unspecified atom stereocenters. The van der Waals surface area contributed by atoms with Crippen LogP contribution in [0, 0.1) is 0 Å². The maximum Gasteiger partial charge on any atom is 0.332 e. The molecule has 2 heterocycles. The number of fused-ring (bicyclic) bond motifs is 1. The van der Waals surface area contributed by atoms with Crippen LogP contribution in [-0.2, 0) is 21.5 Å². The number of carbonyl (C=O) groups excluding carboxylic acids is 1. The highest BCUT2D eigenvalue weighted by atomic mass is 32.1. The summed E-state index contributed by atoms with van der Waals surface area (Å²) in [6, 6.07) is 1.79. The van der Waals surface area contributed by atoms with Crippen LogP contribution < -0.4 is 11.2 Å². The highest BCUT2D eigenvalue weighted by Gasteiger charge is 2.35. The van der Waals surface area contributed by atoms with Crippen molar-refractivity contribution in [3.63, 3.8) is 0 Å². The zero-order chi connectivity index (χ0) is 16.5. The van der Waals surface area contributed by atoms with Crippen LogP contribution in [0.25, 0.3) is 10.2 Å². The molecule has 0 saturated carbocycles. The molecule has 0 spiro atoms. The normalized spacial score (nSPS) is 11.8. The van der Waals surface area contributed by atoms with Gasteiger partial charge in [-0.05, 0) is 33.3 Å². The van der Waals surface area contributed by atoms with E-state index in [2.05, 4.69) is 11.9 Å². The van der Waals surface area contributed by atoms with Gasteiger partial charge in [-0.25, -0.2) is 14.2 Å². The molecule has 2 rings (SSSR count). The zero-order valence-electron chi connectivity index (χ0n) is 13.2. The number of nitrogens with zero attached hydrogens (tertiary/aromatic N) is 1.